The largest absolute Gasteiger partial charge is 0.496 e. The first-order valence-electron chi connectivity index (χ1n) is 11.2. The molecule has 1 atom stereocenters. The summed E-state index contributed by atoms with van der Waals surface area (Å²) in [7, 11) is 1.72. The summed E-state index contributed by atoms with van der Waals surface area (Å²) in [5, 5.41) is 1.64. The minimum Gasteiger partial charge on any atom is -0.496 e. The molecule has 4 rings (SSSR count). The van der Waals surface area contributed by atoms with Gasteiger partial charge >= 0.3 is 0 Å². The Morgan fingerprint density at radius 3 is 1.50 bits per heavy atom. The zero-order chi connectivity index (χ0) is 24.0. The van der Waals surface area contributed by atoms with Gasteiger partial charge in [0.25, 0.3) is 0 Å². The highest BCUT2D eigenvalue weighted by molar-refractivity contribution is 7.79. The predicted molar refractivity (Wildman–Crippen MR) is 139 cm³/mol. The maximum Gasteiger partial charge on any atom is 0.150 e. The molecule has 34 heavy (non-hydrogen) atoms. The quantitative estimate of drug-likeness (QED) is 0.280. The first kappa shape index (κ1) is 23.7. The summed E-state index contributed by atoms with van der Waals surface area (Å²) in [6.45, 7) is 0. The lowest BCUT2D eigenvalue weighted by Gasteiger charge is -2.30. The Bertz CT molecular complexity index is 1190. The van der Waals surface area contributed by atoms with Gasteiger partial charge in [0, 0.05) is 34.0 Å². The first-order valence-corrected chi connectivity index (χ1v) is 12.9. The highest BCUT2D eigenvalue weighted by Gasteiger charge is 2.39. The van der Waals surface area contributed by atoms with Gasteiger partial charge < -0.3 is 18.8 Å². The Kier molecular flexibility index (Phi) is 7.40. The second kappa shape index (κ2) is 10.6. The molecule has 0 aliphatic heterocycles. The molecule has 0 aliphatic carbocycles. The van der Waals surface area contributed by atoms with E-state index in [4.69, 9.17) is 14.2 Å². The number of rotatable bonds is 9. The van der Waals surface area contributed by atoms with Crippen molar-refractivity contribution in [2.24, 2.45) is 0 Å². The maximum atomic E-state index is 15.3. The molecule has 0 N–H and O–H groups in total. The molecule has 4 aromatic rings. The van der Waals surface area contributed by atoms with Crippen molar-refractivity contribution in [2.45, 2.75) is 12.1 Å². The fraction of sp³-hybridized carbons (Fsp3) is 0.172. The Morgan fingerprint density at radius 1 is 0.647 bits per heavy atom. The summed E-state index contributed by atoms with van der Waals surface area (Å²) in [4.78, 5) is 0. The summed E-state index contributed by atoms with van der Waals surface area (Å²) in [6, 6.07) is 33.3. The van der Waals surface area contributed by atoms with E-state index >= 15 is 4.57 Å². The molecule has 5 heteroatoms. The van der Waals surface area contributed by atoms with Crippen LogP contribution in [0, 0.1) is 0 Å². The molecule has 1 unspecified atom stereocenters. The minimum atomic E-state index is -3.14. The van der Waals surface area contributed by atoms with E-state index in [0.29, 0.717) is 23.7 Å². The van der Waals surface area contributed by atoms with Crippen molar-refractivity contribution in [1.82, 2.24) is 0 Å². The molecule has 0 fully saturated rings. The number of benzene rings is 4. The van der Waals surface area contributed by atoms with Crippen LogP contribution in [0.5, 0.6) is 17.2 Å². The summed E-state index contributed by atoms with van der Waals surface area (Å²) in [6.07, 6.45) is 0.460. The van der Waals surface area contributed by atoms with Crippen LogP contribution in [0.3, 0.4) is 0 Å². The number of methoxy groups -OCH3 is 3. The van der Waals surface area contributed by atoms with E-state index in [1.807, 2.05) is 103 Å². The SMILES string of the molecule is COc1cc(OC)c(CC(c2ccccc2)P(=O)(c2ccccc2)c2ccccc2)c(OC)c1. The molecule has 0 saturated carbocycles. The van der Waals surface area contributed by atoms with Gasteiger partial charge in [-0.2, -0.15) is 0 Å². The van der Waals surface area contributed by atoms with Gasteiger partial charge in [-0.3, -0.25) is 0 Å². The standard InChI is InChI=1S/C29H29O4P/c1-31-23-19-27(32-2)26(28(20-23)33-3)21-29(22-13-7-4-8-14-22)34(30,24-15-9-5-10-16-24)25-17-11-6-12-18-25/h4-20,29H,21H2,1-3H3. The molecule has 0 aliphatic rings. The van der Waals surface area contributed by atoms with E-state index in [9.17, 15) is 0 Å². The summed E-state index contributed by atoms with van der Waals surface area (Å²) < 4.78 is 32.3. The molecule has 0 amide bonds. The van der Waals surface area contributed by atoms with Gasteiger partial charge in [-0.1, -0.05) is 91.0 Å². The predicted octanol–water partition coefficient (Wildman–Crippen LogP) is 6.01. The molecule has 0 heterocycles. The third kappa shape index (κ3) is 4.60. The summed E-state index contributed by atoms with van der Waals surface area (Å²) >= 11 is 0. The van der Waals surface area contributed by atoms with E-state index < -0.39 is 7.14 Å². The Morgan fingerprint density at radius 2 is 1.09 bits per heavy atom. The molecule has 0 spiro atoms. The summed E-state index contributed by atoms with van der Waals surface area (Å²) in [5.74, 6) is 1.93. The fourth-order valence-corrected chi connectivity index (χ4v) is 7.69. The Labute approximate surface area is 201 Å². The van der Waals surface area contributed by atoms with Crippen molar-refractivity contribution in [3.05, 3.63) is 114 Å². The van der Waals surface area contributed by atoms with E-state index in [0.717, 1.165) is 21.7 Å². The number of hydrogen-bond acceptors (Lipinski definition) is 4. The molecule has 0 aromatic heterocycles. The minimum absolute atomic E-state index is 0.338. The average Bonchev–Trinajstić information content (AvgIpc) is 2.92. The van der Waals surface area contributed by atoms with Crippen molar-refractivity contribution in [3.8, 4) is 17.2 Å². The third-order valence-electron chi connectivity index (χ3n) is 6.12. The third-order valence-corrected chi connectivity index (χ3v) is 9.61. The smallest absolute Gasteiger partial charge is 0.150 e. The van der Waals surface area contributed by atoms with Crippen molar-refractivity contribution < 1.29 is 18.8 Å². The number of ether oxygens (including phenoxy) is 3. The lowest BCUT2D eigenvalue weighted by molar-refractivity contribution is 0.368. The second-order valence-corrected chi connectivity index (χ2v) is 10.9. The van der Waals surface area contributed by atoms with E-state index in [-0.39, 0.29) is 5.66 Å². The van der Waals surface area contributed by atoms with Crippen molar-refractivity contribution in [2.75, 3.05) is 21.3 Å². The van der Waals surface area contributed by atoms with E-state index in [2.05, 4.69) is 0 Å². The van der Waals surface area contributed by atoms with Crippen LogP contribution in [0.1, 0.15) is 16.8 Å². The van der Waals surface area contributed by atoms with Crippen LogP contribution >= 0.6 is 7.14 Å². The Hall–Kier alpha value is -3.49. The van der Waals surface area contributed by atoms with Crippen molar-refractivity contribution in [1.29, 1.82) is 0 Å². The average molecular weight is 473 g/mol. The number of hydrogen-bond donors (Lipinski definition) is 0. The van der Waals surface area contributed by atoms with Crippen LogP contribution in [0.15, 0.2) is 103 Å². The summed E-state index contributed by atoms with van der Waals surface area (Å²) in [5.41, 5.74) is 1.51. The normalized spacial score (nSPS) is 12.1. The molecular weight excluding hydrogens is 443 g/mol. The van der Waals surface area contributed by atoms with E-state index in [1.54, 1.807) is 21.3 Å². The zero-order valence-corrected chi connectivity index (χ0v) is 20.6. The molecule has 4 aromatic carbocycles. The molecule has 0 saturated heterocycles. The van der Waals surface area contributed by atoms with Crippen LogP contribution in [0.25, 0.3) is 0 Å². The first-order chi connectivity index (χ1) is 16.6. The van der Waals surface area contributed by atoms with Gasteiger partial charge in [-0.05, 0) is 12.0 Å². The van der Waals surface area contributed by atoms with Gasteiger partial charge in [0.1, 0.15) is 17.2 Å². The lowest BCUT2D eigenvalue weighted by atomic mass is 10.0. The molecule has 174 valence electrons. The van der Waals surface area contributed by atoms with Crippen molar-refractivity contribution in [3.63, 3.8) is 0 Å². The molecule has 0 radical (unpaired) electrons. The van der Waals surface area contributed by atoms with Gasteiger partial charge in [0.15, 0.2) is 7.14 Å². The van der Waals surface area contributed by atoms with Crippen LogP contribution in [0.4, 0.5) is 0 Å². The van der Waals surface area contributed by atoms with Crippen LogP contribution < -0.4 is 24.8 Å². The van der Waals surface area contributed by atoms with Crippen molar-refractivity contribution >= 4 is 17.8 Å². The molecule has 0 bridgehead atoms. The fourth-order valence-electron chi connectivity index (χ4n) is 4.41. The second-order valence-electron chi connectivity index (χ2n) is 7.97. The maximum absolute atomic E-state index is 15.3. The van der Waals surface area contributed by atoms with Gasteiger partial charge in [0.05, 0.1) is 21.3 Å². The van der Waals surface area contributed by atoms with Gasteiger partial charge in [-0.25, -0.2) is 0 Å². The molecular formula is C29H29O4P. The highest BCUT2D eigenvalue weighted by atomic mass is 31.2. The monoisotopic (exact) mass is 472 g/mol. The topological polar surface area (TPSA) is 44.8 Å². The lowest BCUT2D eigenvalue weighted by Crippen LogP contribution is -2.23. The molecule has 4 nitrogen and oxygen atoms in total. The van der Waals surface area contributed by atoms with Crippen LogP contribution in [-0.2, 0) is 11.0 Å². The van der Waals surface area contributed by atoms with Gasteiger partial charge in [0.2, 0.25) is 0 Å². The Balaban J connectivity index is 1.97. The van der Waals surface area contributed by atoms with E-state index in [1.165, 1.54) is 0 Å². The zero-order valence-electron chi connectivity index (χ0n) is 19.7. The van der Waals surface area contributed by atoms with Crippen LogP contribution in [0.2, 0.25) is 0 Å². The van der Waals surface area contributed by atoms with Gasteiger partial charge in [-0.15, -0.1) is 0 Å². The van der Waals surface area contributed by atoms with Crippen LogP contribution in [-0.4, -0.2) is 21.3 Å². The highest BCUT2D eigenvalue weighted by Crippen LogP contribution is 2.59.